The largest absolute Gasteiger partial charge is 0.488 e. The van der Waals surface area contributed by atoms with Crippen LogP contribution in [-0.2, 0) is 20.0 Å². The number of rotatable bonds is 9. The minimum atomic E-state index is -3.92. The number of fused-ring (bicyclic) bond motifs is 1. The second kappa shape index (κ2) is 12.2. The molecule has 4 rings (SSSR count). The van der Waals surface area contributed by atoms with Crippen LogP contribution in [0.15, 0.2) is 82.6 Å². The summed E-state index contributed by atoms with van der Waals surface area (Å²) in [4.78, 5) is 15.4. The minimum absolute atomic E-state index is 0.00522. The van der Waals surface area contributed by atoms with E-state index in [0.29, 0.717) is 0 Å². The Morgan fingerprint density at radius 1 is 1.02 bits per heavy atom. The number of aliphatic hydroxyl groups excluding tert-OH is 1. The maximum absolute atomic E-state index is 13.7. The van der Waals surface area contributed by atoms with Gasteiger partial charge in [0.2, 0.25) is 10.0 Å². The summed E-state index contributed by atoms with van der Waals surface area (Å²) >= 11 is 0. The summed E-state index contributed by atoms with van der Waals surface area (Å²) in [5, 5.41) is 9.89. The van der Waals surface area contributed by atoms with E-state index in [2.05, 4.69) is 4.72 Å². The summed E-state index contributed by atoms with van der Waals surface area (Å²) in [6.07, 6.45) is -0.660. The number of aryl methyl sites for hydroxylation is 1. The van der Waals surface area contributed by atoms with Crippen LogP contribution in [0.1, 0.15) is 29.8 Å². The first-order valence-corrected chi connectivity index (χ1v) is 16.1. The molecule has 3 atom stereocenters. The number of benzene rings is 3. The van der Waals surface area contributed by atoms with E-state index in [0.717, 1.165) is 5.56 Å². The van der Waals surface area contributed by atoms with E-state index in [4.69, 9.17) is 4.74 Å². The Labute approximate surface area is 241 Å². The molecule has 1 aliphatic rings. The summed E-state index contributed by atoms with van der Waals surface area (Å²) < 4.78 is 62.4. The van der Waals surface area contributed by atoms with E-state index < -0.39 is 38.1 Å². The van der Waals surface area contributed by atoms with Crippen LogP contribution in [0.5, 0.6) is 5.75 Å². The zero-order valence-electron chi connectivity index (χ0n) is 23.4. The maximum atomic E-state index is 13.7. The third-order valence-corrected chi connectivity index (χ3v) is 10.4. The number of anilines is 1. The smallest absolute Gasteiger partial charge is 0.261 e. The number of hydrogen-bond acceptors (Lipinski definition) is 7. The van der Waals surface area contributed by atoms with Crippen molar-refractivity contribution in [2.24, 2.45) is 5.92 Å². The topological polar surface area (TPSA) is 133 Å². The lowest BCUT2D eigenvalue weighted by atomic mass is 9.99. The van der Waals surface area contributed by atoms with Crippen LogP contribution >= 0.6 is 0 Å². The molecule has 2 N–H and O–H groups in total. The Balaban J connectivity index is 1.68. The molecule has 0 bridgehead atoms. The highest BCUT2D eigenvalue weighted by Crippen LogP contribution is 2.32. The normalized spacial score (nSPS) is 18.7. The zero-order valence-corrected chi connectivity index (χ0v) is 25.0. The van der Waals surface area contributed by atoms with Crippen molar-refractivity contribution < 1.29 is 31.5 Å². The Hall–Kier alpha value is -3.45. The number of amides is 1. The molecule has 3 aromatic rings. The molecule has 1 amide bonds. The number of nitrogens with one attached hydrogen (secondary N) is 1. The van der Waals surface area contributed by atoms with Gasteiger partial charge >= 0.3 is 0 Å². The maximum Gasteiger partial charge on any atom is 0.261 e. The molecule has 10 nitrogen and oxygen atoms in total. The Morgan fingerprint density at radius 3 is 2.32 bits per heavy atom. The third-order valence-electron chi connectivity index (χ3n) is 7.14. The molecule has 1 aliphatic heterocycles. The van der Waals surface area contributed by atoms with Gasteiger partial charge in [0.05, 0.1) is 34.5 Å². The molecular formula is C29H35N3O7S2. The number of sulfonamides is 2. The van der Waals surface area contributed by atoms with Crippen LogP contribution in [0, 0.1) is 12.8 Å². The fourth-order valence-electron chi connectivity index (χ4n) is 4.56. The van der Waals surface area contributed by atoms with E-state index in [-0.39, 0.29) is 52.4 Å². The van der Waals surface area contributed by atoms with Gasteiger partial charge in [-0.05, 0) is 56.3 Å². The molecular weight excluding hydrogens is 566 g/mol. The molecule has 0 fully saturated rings. The van der Waals surface area contributed by atoms with Crippen molar-refractivity contribution >= 4 is 31.6 Å². The second-order valence-electron chi connectivity index (χ2n) is 10.4. The zero-order chi connectivity index (χ0) is 29.9. The lowest BCUT2D eigenvalue weighted by molar-refractivity contribution is 0.0387. The van der Waals surface area contributed by atoms with Gasteiger partial charge in [0.15, 0.2) is 0 Å². The molecule has 0 saturated carbocycles. The standard InChI is InChI=1S/C29H35N3O7S2/c1-20-10-13-25(14-11-20)41(37,38)31(4)18-28-21(2)17-32(22(3)19-33)29(34)26-16-23(12-15-27(26)39-28)30-40(35,36)24-8-6-5-7-9-24/h5-16,21-22,28,30,33H,17-19H2,1-4H3/t21-,22-,28-/m1/s1. The number of likely N-dealkylation sites (N-methyl/N-ethyl adjacent to an activating group) is 1. The predicted octanol–water partition coefficient (Wildman–Crippen LogP) is 3.34. The van der Waals surface area contributed by atoms with E-state index in [1.165, 1.54) is 46.6 Å². The summed E-state index contributed by atoms with van der Waals surface area (Å²) in [7, 11) is -6.26. The van der Waals surface area contributed by atoms with Crippen molar-refractivity contribution in [3.05, 3.63) is 83.9 Å². The molecule has 3 aromatic carbocycles. The SMILES string of the molecule is Cc1ccc(S(=O)(=O)N(C)C[C@H]2Oc3ccc(NS(=O)(=O)c4ccccc4)cc3C(=O)N([C@H](C)CO)C[C@H]2C)cc1. The summed E-state index contributed by atoms with van der Waals surface area (Å²) in [5.74, 6) is -0.563. The number of ether oxygens (including phenoxy) is 1. The van der Waals surface area contributed by atoms with Gasteiger partial charge in [-0.3, -0.25) is 9.52 Å². The Morgan fingerprint density at radius 2 is 1.68 bits per heavy atom. The number of nitrogens with zero attached hydrogens (tertiary/aromatic N) is 2. The van der Waals surface area contributed by atoms with Gasteiger partial charge in [0, 0.05) is 25.2 Å². The molecule has 0 aliphatic carbocycles. The van der Waals surface area contributed by atoms with E-state index in [1.54, 1.807) is 49.4 Å². The van der Waals surface area contributed by atoms with Crippen LogP contribution in [0.25, 0.3) is 0 Å². The minimum Gasteiger partial charge on any atom is -0.488 e. The average molecular weight is 602 g/mol. The van der Waals surface area contributed by atoms with Crippen molar-refractivity contribution in [1.29, 1.82) is 0 Å². The molecule has 41 heavy (non-hydrogen) atoms. The average Bonchev–Trinajstić information content (AvgIpc) is 2.95. The molecule has 0 aromatic heterocycles. The van der Waals surface area contributed by atoms with E-state index in [9.17, 15) is 26.7 Å². The lowest BCUT2D eigenvalue weighted by Gasteiger charge is -2.38. The van der Waals surface area contributed by atoms with Crippen LogP contribution in [0.2, 0.25) is 0 Å². The van der Waals surface area contributed by atoms with Crippen molar-refractivity contribution in [2.75, 3.05) is 31.5 Å². The monoisotopic (exact) mass is 601 g/mol. The molecule has 0 radical (unpaired) electrons. The Kier molecular flexibility index (Phi) is 9.07. The highest BCUT2D eigenvalue weighted by atomic mass is 32.2. The number of hydrogen-bond donors (Lipinski definition) is 2. The number of carbonyl (C=O) groups is 1. The molecule has 1 heterocycles. The first kappa shape index (κ1) is 30.5. The van der Waals surface area contributed by atoms with Gasteiger partial charge in [-0.2, -0.15) is 4.31 Å². The van der Waals surface area contributed by atoms with E-state index in [1.807, 2.05) is 13.8 Å². The van der Waals surface area contributed by atoms with Gasteiger partial charge < -0.3 is 14.7 Å². The van der Waals surface area contributed by atoms with Crippen molar-refractivity contribution in [3.8, 4) is 5.75 Å². The lowest BCUT2D eigenvalue weighted by Crippen LogP contribution is -2.50. The number of aliphatic hydroxyl groups is 1. The molecule has 0 unspecified atom stereocenters. The summed E-state index contributed by atoms with van der Waals surface area (Å²) in [6, 6.07) is 18.3. The number of carbonyl (C=O) groups excluding carboxylic acids is 1. The third kappa shape index (κ3) is 6.72. The van der Waals surface area contributed by atoms with Crippen LogP contribution in [0.4, 0.5) is 5.69 Å². The van der Waals surface area contributed by atoms with Crippen molar-refractivity contribution in [1.82, 2.24) is 9.21 Å². The highest BCUT2D eigenvalue weighted by Gasteiger charge is 2.35. The fourth-order valence-corrected chi connectivity index (χ4v) is 6.81. The first-order valence-electron chi connectivity index (χ1n) is 13.2. The van der Waals surface area contributed by atoms with Gasteiger partial charge in [0.25, 0.3) is 15.9 Å². The van der Waals surface area contributed by atoms with Crippen molar-refractivity contribution in [2.45, 2.75) is 42.7 Å². The quantitative estimate of drug-likeness (QED) is 0.384. The highest BCUT2D eigenvalue weighted by molar-refractivity contribution is 7.92. The van der Waals surface area contributed by atoms with Gasteiger partial charge in [0.1, 0.15) is 11.9 Å². The van der Waals surface area contributed by atoms with Crippen LogP contribution in [-0.4, -0.2) is 75.9 Å². The van der Waals surface area contributed by atoms with Crippen LogP contribution in [0.3, 0.4) is 0 Å². The van der Waals surface area contributed by atoms with Crippen molar-refractivity contribution in [3.63, 3.8) is 0 Å². The summed E-state index contributed by atoms with van der Waals surface area (Å²) in [6.45, 7) is 5.33. The fraction of sp³-hybridized carbons (Fsp3) is 0.345. The molecule has 0 saturated heterocycles. The molecule has 220 valence electrons. The van der Waals surface area contributed by atoms with E-state index >= 15 is 0 Å². The summed E-state index contributed by atoms with van der Waals surface area (Å²) in [5.41, 5.74) is 1.19. The Bertz CT molecular complexity index is 1600. The van der Waals surface area contributed by atoms with Gasteiger partial charge in [-0.15, -0.1) is 0 Å². The van der Waals surface area contributed by atoms with Gasteiger partial charge in [-0.1, -0.05) is 42.8 Å². The van der Waals surface area contributed by atoms with Gasteiger partial charge in [-0.25, -0.2) is 16.8 Å². The second-order valence-corrected chi connectivity index (χ2v) is 14.1. The predicted molar refractivity (Wildman–Crippen MR) is 156 cm³/mol. The molecule has 0 spiro atoms. The molecule has 12 heteroatoms. The first-order chi connectivity index (χ1) is 19.3. The van der Waals surface area contributed by atoms with Crippen LogP contribution < -0.4 is 9.46 Å².